The Morgan fingerprint density at radius 3 is 2.52 bits per heavy atom. The summed E-state index contributed by atoms with van der Waals surface area (Å²) in [6.45, 7) is -0.391. The molecule has 0 heterocycles. The SMILES string of the molecule is O=C(O)COc1ccc(/C=N/NC(=O)Cc2cccc3ccccc23)cc1. The molecule has 6 heteroatoms. The maximum atomic E-state index is 12.1. The minimum absolute atomic E-state index is 0.205. The van der Waals surface area contributed by atoms with E-state index in [4.69, 9.17) is 9.84 Å². The van der Waals surface area contributed by atoms with E-state index in [1.165, 1.54) is 6.21 Å². The number of ether oxygens (including phenoxy) is 1. The van der Waals surface area contributed by atoms with Gasteiger partial charge in [0.1, 0.15) is 5.75 Å². The van der Waals surface area contributed by atoms with Gasteiger partial charge in [-0.3, -0.25) is 4.79 Å². The fourth-order valence-corrected chi connectivity index (χ4v) is 2.63. The quantitative estimate of drug-likeness (QED) is 0.500. The lowest BCUT2D eigenvalue weighted by Gasteiger charge is -2.05. The van der Waals surface area contributed by atoms with Crippen molar-refractivity contribution in [3.05, 3.63) is 77.9 Å². The van der Waals surface area contributed by atoms with Crippen LogP contribution in [0.4, 0.5) is 0 Å². The number of benzene rings is 3. The van der Waals surface area contributed by atoms with Crippen molar-refractivity contribution in [2.24, 2.45) is 5.10 Å². The largest absolute Gasteiger partial charge is 0.482 e. The number of hydrogen-bond acceptors (Lipinski definition) is 4. The summed E-state index contributed by atoms with van der Waals surface area (Å²) in [4.78, 5) is 22.6. The molecule has 0 saturated heterocycles. The Bertz CT molecular complexity index is 976. The van der Waals surface area contributed by atoms with Gasteiger partial charge in [0.05, 0.1) is 12.6 Å². The Labute approximate surface area is 156 Å². The highest BCUT2D eigenvalue weighted by Crippen LogP contribution is 2.18. The minimum atomic E-state index is -1.03. The lowest BCUT2D eigenvalue weighted by Crippen LogP contribution is -2.19. The van der Waals surface area contributed by atoms with Gasteiger partial charge >= 0.3 is 5.97 Å². The number of amides is 1. The van der Waals surface area contributed by atoms with Crippen LogP contribution in [0.1, 0.15) is 11.1 Å². The van der Waals surface area contributed by atoms with Gasteiger partial charge in [0.15, 0.2) is 6.61 Å². The van der Waals surface area contributed by atoms with Crippen LogP contribution in [0, 0.1) is 0 Å². The summed E-state index contributed by atoms with van der Waals surface area (Å²) in [5.41, 5.74) is 4.22. The maximum absolute atomic E-state index is 12.1. The van der Waals surface area contributed by atoms with Gasteiger partial charge in [-0.2, -0.15) is 5.10 Å². The molecule has 0 unspecified atom stereocenters. The molecule has 2 N–H and O–H groups in total. The zero-order valence-electron chi connectivity index (χ0n) is 14.5. The molecule has 0 aliphatic carbocycles. The van der Waals surface area contributed by atoms with Crippen molar-refractivity contribution in [2.75, 3.05) is 6.61 Å². The molecule has 136 valence electrons. The monoisotopic (exact) mass is 362 g/mol. The summed E-state index contributed by atoms with van der Waals surface area (Å²) in [7, 11) is 0. The highest BCUT2D eigenvalue weighted by Gasteiger charge is 2.06. The standard InChI is InChI=1S/C21H18N2O4/c24-20(12-17-6-3-5-16-4-1-2-7-19(16)17)23-22-13-15-8-10-18(11-9-15)27-14-21(25)26/h1-11,13H,12,14H2,(H,23,24)(H,25,26)/b22-13+. The van der Waals surface area contributed by atoms with E-state index < -0.39 is 12.6 Å². The Hall–Kier alpha value is -3.67. The molecule has 1 amide bonds. The van der Waals surface area contributed by atoms with Crippen LogP contribution >= 0.6 is 0 Å². The summed E-state index contributed by atoms with van der Waals surface area (Å²) >= 11 is 0. The first-order valence-corrected chi connectivity index (χ1v) is 8.35. The van der Waals surface area contributed by atoms with E-state index in [2.05, 4.69) is 10.5 Å². The van der Waals surface area contributed by atoms with Gasteiger partial charge in [-0.1, -0.05) is 42.5 Å². The number of hydrogen-bond donors (Lipinski definition) is 2. The van der Waals surface area contributed by atoms with Gasteiger partial charge in [0.25, 0.3) is 0 Å². The number of hydrazone groups is 1. The van der Waals surface area contributed by atoms with Crippen molar-refractivity contribution in [3.8, 4) is 5.75 Å². The van der Waals surface area contributed by atoms with Crippen molar-refractivity contribution in [1.82, 2.24) is 5.43 Å². The second-order valence-electron chi connectivity index (χ2n) is 5.86. The molecular formula is C21H18N2O4. The van der Waals surface area contributed by atoms with E-state index in [1.807, 2.05) is 42.5 Å². The predicted octanol–water partition coefficient (Wildman–Crippen LogP) is 3.00. The van der Waals surface area contributed by atoms with Crippen LogP contribution in [0.25, 0.3) is 10.8 Å². The van der Waals surface area contributed by atoms with Crippen LogP contribution in [-0.2, 0) is 16.0 Å². The molecule has 0 bridgehead atoms. The lowest BCUT2D eigenvalue weighted by molar-refractivity contribution is -0.139. The Morgan fingerprint density at radius 2 is 1.74 bits per heavy atom. The second-order valence-corrected chi connectivity index (χ2v) is 5.86. The zero-order valence-corrected chi connectivity index (χ0v) is 14.5. The van der Waals surface area contributed by atoms with E-state index >= 15 is 0 Å². The molecule has 0 atom stereocenters. The van der Waals surface area contributed by atoms with Crippen molar-refractivity contribution in [3.63, 3.8) is 0 Å². The van der Waals surface area contributed by atoms with Gasteiger partial charge < -0.3 is 9.84 Å². The van der Waals surface area contributed by atoms with Crippen molar-refractivity contribution in [2.45, 2.75) is 6.42 Å². The molecule has 0 radical (unpaired) electrons. The molecular weight excluding hydrogens is 344 g/mol. The molecule has 0 fully saturated rings. The smallest absolute Gasteiger partial charge is 0.341 e. The number of carbonyl (C=O) groups is 2. The van der Waals surface area contributed by atoms with Gasteiger partial charge in [0, 0.05) is 0 Å². The van der Waals surface area contributed by atoms with Gasteiger partial charge in [-0.15, -0.1) is 0 Å². The highest BCUT2D eigenvalue weighted by molar-refractivity contribution is 5.90. The summed E-state index contributed by atoms with van der Waals surface area (Å²) in [5, 5.41) is 14.7. The fraction of sp³-hybridized carbons (Fsp3) is 0.0952. The Morgan fingerprint density at radius 1 is 1.00 bits per heavy atom. The summed E-state index contributed by atoms with van der Waals surface area (Å²) in [6.07, 6.45) is 1.75. The molecule has 3 aromatic rings. The number of nitrogens with zero attached hydrogens (tertiary/aromatic N) is 1. The van der Waals surface area contributed by atoms with Gasteiger partial charge in [-0.05, 0) is 46.2 Å². The average Bonchev–Trinajstić information content (AvgIpc) is 2.67. The van der Waals surface area contributed by atoms with E-state index in [1.54, 1.807) is 24.3 Å². The fourth-order valence-electron chi connectivity index (χ4n) is 2.63. The van der Waals surface area contributed by atoms with Crippen molar-refractivity contribution in [1.29, 1.82) is 0 Å². The molecule has 0 spiro atoms. The van der Waals surface area contributed by atoms with Crippen molar-refractivity contribution < 1.29 is 19.4 Å². The van der Waals surface area contributed by atoms with Crippen LogP contribution in [0.2, 0.25) is 0 Å². The zero-order chi connectivity index (χ0) is 19.1. The first-order chi connectivity index (χ1) is 13.1. The number of fused-ring (bicyclic) bond motifs is 1. The van der Waals surface area contributed by atoms with Crippen LogP contribution < -0.4 is 10.2 Å². The van der Waals surface area contributed by atoms with E-state index in [9.17, 15) is 9.59 Å². The molecule has 6 nitrogen and oxygen atoms in total. The first-order valence-electron chi connectivity index (χ1n) is 8.35. The third kappa shape index (κ3) is 5.15. The number of aliphatic carboxylic acids is 1. The third-order valence-electron chi connectivity index (χ3n) is 3.88. The highest BCUT2D eigenvalue weighted by atomic mass is 16.5. The van der Waals surface area contributed by atoms with Crippen LogP contribution in [0.3, 0.4) is 0 Å². The normalized spacial score (nSPS) is 10.8. The Balaban J connectivity index is 1.56. The topological polar surface area (TPSA) is 88.0 Å². The molecule has 3 aromatic carbocycles. The Kier molecular flexibility index (Phi) is 5.79. The number of carbonyl (C=O) groups excluding carboxylic acids is 1. The average molecular weight is 362 g/mol. The van der Waals surface area contributed by atoms with E-state index in [-0.39, 0.29) is 12.3 Å². The van der Waals surface area contributed by atoms with E-state index in [0.717, 1.165) is 21.9 Å². The van der Waals surface area contributed by atoms with E-state index in [0.29, 0.717) is 5.75 Å². The van der Waals surface area contributed by atoms with Crippen LogP contribution in [0.5, 0.6) is 5.75 Å². The summed E-state index contributed by atoms with van der Waals surface area (Å²) in [5.74, 6) is -0.784. The first kappa shape index (κ1) is 18.1. The number of carboxylic acid groups (broad SMARTS) is 1. The van der Waals surface area contributed by atoms with Crippen LogP contribution in [-0.4, -0.2) is 29.8 Å². The molecule has 0 aliphatic heterocycles. The van der Waals surface area contributed by atoms with Crippen LogP contribution in [0.15, 0.2) is 71.8 Å². The third-order valence-corrected chi connectivity index (χ3v) is 3.88. The molecule has 27 heavy (non-hydrogen) atoms. The summed E-state index contributed by atoms with van der Waals surface area (Å²) < 4.78 is 5.05. The second kappa shape index (κ2) is 8.62. The molecule has 0 aromatic heterocycles. The summed E-state index contributed by atoms with van der Waals surface area (Å²) in [6, 6.07) is 20.5. The molecule has 3 rings (SSSR count). The lowest BCUT2D eigenvalue weighted by atomic mass is 10.0. The molecule has 0 saturated carbocycles. The number of rotatable bonds is 7. The number of carboxylic acids is 1. The van der Waals surface area contributed by atoms with Crippen molar-refractivity contribution >= 4 is 28.9 Å². The number of nitrogens with one attached hydrogen (secondary N) is 1. The maximum Gasteiger partial charge on any atom is 0.341 e. The predicted molar refractivity (Wildman–Crippen MR) is 103 cm³/mol. The van der Waals surface area contributed by atoms with Gasteiger partial charge in [0.2, 0.25) is 5.91 Å². The minimum Gasteiger partial charge on any atom is -0.482 e. The van der Waals surface area contributed by atoms with Gasteiger partial charge in [-0.25, -0.2) is 10.2 Å². The molecule has 0 aliphatic rings.